The number of aromatic nitrogens is 1. The Morgan fingerprint density at radius 1 is 1.07 bits per heavy atom. The molecule has 0 bridgehead atoms. The molecular weight excluding hydrogens is 449 g/mol. The molecule has 0 N–H and O–H groups in total. The van der Waals surface area contributed by atoms with Gasteiger partial charge in [0.25, 0.3) is 10.0 Å². The fourth-order valence-corrected chi connectivity index (χ4v) is 5.07. The first-order valence-corrected chi connectivity index (χ1v) is 11.2. The van der Waals surface area contributed by atoms with Gasteiger partial charge in [-0.05, 0) is 62.2 Å². The standard InChI is InChI=1S/C21H21Cl2NO5S/c1-21(2,20(25)29-4)11-13-12-24(19-8-5-14(28-3)9-16(13)19)30(26,27)15-6-7-17(22)18(23)10-15/h5-10,12H,11H2,1-4H3. The van der Waals surface area contributed by atoms with Gasteiger partial charge in [0, 0.05) is 11.6 Å². The summed E-state index contributed by atoms with van der Waals surface area (Å²) < 4.78 is 38.1. The van der Waals surface area contributed by atoms with E-state index >= 15 is 0 Å². The van der Waals surface area contributed by atoms with Crippen LogP contribution in [0.15, 0.2) is 47.5 Å². The molecule has 9 heteroatoms. The van der Waals surface area contributed by atoms with Gasteiger partial charge in [0.15, 0.2) is 0 Å². The van der Waals surface area contributed by atoms with Crippen LogP contribution >= 0.6 is 23.2 Å². The normalized spacial score (nSPS) is 12.2. The number of rotatable bonds is 6. The second-order valence-electron chi connectivity index (χ2n) is 7.47. The zero-order valence-electron chi connectivity index (χ0n) is 16.9. The third-order valence-electron chi connectivity index (χ3n) is 4.88. The lowest BCUT2D eigenvalue weighted by molar-refractivity contribution is -0.150. The van der Waals surface area contributed by atoms with E-state index in [9.17, 15) is 13.2 Å². The van der Waals surface area contributed by atoms with Crippen LogP contribution in [0.25, 0.3) is 10.9 Å². The van der Waals surface area contributed by atoms with Gasteiger partial charge in [0.1, 0.15) is 5.75 Å². The lowest BCUT2D eigenvalue weighted by atomic mass is 9.86. The van der Waals surface area contributed by atoms with E-state index in [0.717, 1.165) is 0 Å². The molecule has 0 saturated heterocycles. The number of methoxy groups -OCH3 is 2. The first-order valence-electron chi connectivity index (χ1n) is 8.98. The summed E-state index contributed by atoms with van der Waals surface area (Å²) in [4.78, 5) is 12.2. The van der Waals surface area contributed by atoms with Gasteiger partial charge >= 0.3 is 5.97 Å². The Morgan fingerprint density at radius 2 is 1.77 bits per heavy atom. The molecule has 0 spiro atoms. The maximum Gasteiger partial charge on any atom is 0.311 e. The summed E-state index contributed by atoms with van der Waals surface area (Å²) in [6, 6.07) is 9.24. The molecule has 0 saturated carbocycles. The van der Waals surface area contributed by atoms with Crippen LogP contribution in [-0.4, -0.2) is 32.6 Å². The summed E-state index contributed by atoms with van der Waals surface area (Å²) in [5.41, 5.74) is 0.269. The zero-order valence-corrected chi connectivity index (χ0v) is 19.2. The summed E-state index contributed by atoms with van der Waals surface area (Å²) in [6.45, 7) is 3.49. The van der Waals surface area contributed by atoms with E-state index in [1.54, 1.807) is 32.0 Å². The molecule has 0 fully saturated rings. The van der Waals surface area contributed by atoms with Crippen LogP contribution in [0, 0.1) is 5.41 Å². The molecular formula is C21H21Cl2NO5S. The zero-order chi connectivity index (χ0) is 22.3. The van der Waals surface area contributed by atoms with Gasteiger partial charge in [-0.3, -0.25) is 4.79 Å². The van der Waals surface area contributed by atoms with Crippen LogP contribution in [0.4, 0.5) is 0 Å². The number of nitrogens with zero attached hydrogens (tertiary/aromatic N) is 1. The largest absolute Gasteiger partial charge is 0.497 e. The smallest absolute Gasteiger partial charge is 0.311 e. The molecule has 3 aromatic rings. The Bertz CT molecular complexity index is 1230. The van der Waals surface area contributed by atoms with Gasteiger partial charge < -0.3 is 9.47 Å². The third kappa shape index (κ3) is 4.02. The van der Waals surface area contributed by atoms with Crippen LogP contribution in [-0.2, 0) is 26.0 Å². The second kappa shape index (κ2) is 8.13. The molecule has 0 atom stereocenters. The molecule has 160 valence electrons. The van der Waals surface area contributed by atoms with Gasteiger partial charge in [-0.25, -0.2) is 12.4 Å². The average Bonchev–Trinajstić information content (AvgIpc) is 3.06. The number of hydrogen-bond acceptors (Lipinski definition) is 5. The van der Waals surface area contributed by atoms with Crippen molar-refractivity contribution >= 4 is 50.1 Å². The topological polar surface area (TPSA) is 74.6 Å². The van der Waals surface area contributed by atoms with Crippen molar-refractivity contribution in [2.75, 3.05) is 14.2 Å². The summed E-state index contributed by atoms with van der Waals surface area (Å²) in [5.74, 6) is 0.183. The number of ether oxygens (including phenoxy) is 2. The van der Waals surface area contributed by atoms with Crippen LogP contribution in [0.3, 0.4) is 0 Å². The number of fused-ring (bicyclic) bond motifs is 1. The molecule has 6 nitrogen and oxygen atoms in total. The molecule has 3 rings (SSSR count). The highest BCUT2D eigenvalue weighted by atomic mass is 35.5. The lowest BCUT2D eigenvalue weighted by Gasteiger charge is -2.20. The van der Waals surface area contributed by atoms with Gasteiger partial charge in [0.05, 0.1) is 40.1 Å². The van der Waals surface area contributed by atoms with Crippen LogP contribution in [0.2, 0.25) is 10.0 Å². The quantitative estimate of drug-likeness (QED) is 0.478. The summed E-state index contributed by atoms with van der Waals surface area (Å²) in [6.07, 6.45) is 1.79. The highest BCUT2D eigenvalue weighted by Crippen LogP contribution is 2.34. The average molecular weight is 470 g/mol. The summed E-state index contributed by atoms with van der Waals surface area (Å²) >= 11 is 12.0. The lowest BCUT2D eigenvalue weighted by Crippen LogP contribution is -2.27. The van der Waals surface area contributed by atoms with Crippen molar-refractivity contribution in [3.63, 3.8) is 0 Å². The molecule has 0 amide bonds. The van der Waals surface area contributed by atoms with E-state index in [2.05, 4.69) is 0 Å². The highest BCUT2D eigenvalue weighted by Gasteiger charge is 2.31. The molecule has 0 aliphatic carbocycles. The van der Waals surface area contributed by atoms with E-state index in [1.165, 1.54) is 42.6 Å². The Hall–Kier alpha value is -2.22. The number of benzene rings is 2. The Labute approximate surface area is 185 Å². The van der Waals surface area contributed by atoms with Crippen LogP contribution < -0.4 is 4.74 Å². The van der Waals surface area contributed by atoms with E-state index in [1.807, 2.05) is 0 Å². The molecule has 2 aromatic carbocycles. The Kier molecular flexibility index (Phi) is 6.09. The SMILES string of the molecule is COC(=O)C(C)(C)Cc1cn(S(=O)(=O)c2ccc(Cl)c(Cl)c2)c2ccc(OC)cc12. The number of halogens is 2. The van der Waals surface area contributed by atoms with Gasteiger partial charge in [-0.15, -0.1) is 0 Å². The highest BCUT2D eigenvalue weighted by molar-refractivity contribution is 7.90. The minimum absolute atomic E-state index is 0.00314. The van der Waals surface area contributed by atoms with Gasteiger partial charge in [-0.2, -0.15) is 0 Å². The molecule has 1 heterocycles. The van der Waals surface area contributed by atoms with Gasteiger partial charge in [-0.1, -0.05) is 23.2 Å². The van der Waals surface area contributed by atoms with Crippen molar-refractivity contribution in [3.05, 3.63) is 58.2 Å². The molecule has 1 aromatic heterocycles. The molecule has 30 heavy (non-hydrogen) atoms. The summed E-state index contributed by atoms with van der Waals surface area (Å²) in [5, 5.41) is 1.07. The van der Waals surface area contributed by atoms with Crippen molar-refractivity contribution in [2.24, 2.45) is 5.41 Å². The van der Waals surface area contributed by atoms with Crippen molar-refractivity contribution in [3.8, 4) is 5.75 Å². The monoisotopic (exact) mass is 469 g/mol. The molecule has 0 aliphatic rings. The molecule has 0 radical (unpaired) electrons. The van der Waals surface area contributed by atoms with Crippen molar-refractivity contribution in [2.45, 2.75) is 25.2 Å². The van der Waals surface area contributed by atoms with E-state index in [0.29, 0.717) is 22.2 Å². The minimum Gasteiger partial charge on any atom is -0.497 e. The van der Waals surface area contributed by atoms with Crippen molar-refractivity contribution < 1.29 is 22.7 Å². The fraction of sp³-hybridized carbons (Fsp3) is 0.286. The van der Waals surface area contributed by atoms with Crippen molar-refractivity contribution in [1.82, 2.24) is 3.97 Å². The third-order valence-corrected chi connectivity index (χ3v) is 7.29. The minimum atomic E-state index is -3.97. The second-order valence-corrected chi connectivity index (χ2v) is 10.1. The van der Waals surface area contributed by atoms with E-state index in [-0.39, 0.29) is 21.4 Å². The maximum atomic E-state index is 13.4. The maximum absolute atomic E-state index is 13.4. The molecule has 0 aliphatic heterocycles. The predicted molar refractivity (Wildman–Crippen MR) is 117 cm³/mol. The number of esters is 1. The van der Waals surface area contributed by atoms with Crippen LogP contribution in [0.1, 0.15) is 19.4 Å². The first-order chi connectivity index (χ1) is 14.0. The summed E-state index contributed by atoms with van der Waals surface area (Å²) in [7, 11) is -1.11. The first kappa shape index (κ1) is 22.5. The number of carbonyl (C=O) groups is 1. The van der Waals surface area contributed by atoms with Gasteiger partial charge in [0.2, 0.25) is 0 Å². The fourth-order valence-electron chi connectivity index (χ4n) is 3.29. The van der Waals surface area contributed by atoms with E-state index in [4.69, 9.17) is 32.7 Å². The molecule has 0 unspecified atom stereocenters. The van der Waals surface area contributed by atoms with Crippen molar-refractivity contribution in [1.29, 1.82) is 0 Å². The Balaban J connectivity index is 2.23. The number of hydrogen-bond donors (Lipinski definition) is 0. The Morgan fingerprint density at radius 3 is 2.37 bits per heavy atom. The van der Waals surface area contributed by atoms with E-state index < -0.39 is 21.4 Å². The van der Waals surface area contributed by atoms with Crippen LogP contribution in [0.5, 0.6) is 5.75 Å². The predicted octanol–water partition coefficient (Wildman–Crippen LogP) is 4.94. The number of carbonyl (C=O) groups excluding carboxylic acids is 1.